The zero-order valence-electron chi connectivity index (χ0n) is 12.0. The molecule has 2 aromatic rings. The second kappa shape index (κ2) is 6.17. The van der Waals surface area contributed by atoms with E-state index < -0.39 is 11.9 Å². The van der Waals surface area contributed by atoms with E-state index in [9.17, 15) is 9.90 Å². The zero-order valence-corrected chi connectivity index (χ0v) is 12.0. The van der Waals surface area contributed by atoms with Crippen molar-refractivity contribution in [2.24, 2.45) is 5.73 Å². The number of nitrogens with one attached hydrogen (secondary N) is 1. The predicted molar refractivity (Wildman–Crippen MR) is 81.4 cm³/mol. The number of anilines is 1. The number of phenolic OH excluding ortho intramolecular Hbond substituents is 1. The van der Waals surface area contributed by atoms with Crippen molar-refractivity contribution >= 4 is 11.6 Å². The number of methoxy groups -OCH3 is 1. The van der Waals surface area contributed by atoms with Gasteiger partial charge in [-0.15, -0.1) is 0 Å². The first-order chi connectivity index (χ1) is 10.0. The number of carbonyl (C=O) groups is 1. The third kappa shape index (κ3) is 3.45. The summed E-state index contributed by atoms with van der Waals surface area (Å²) in [5, 5.41) is 12.7. The van der Waals surface area contributed by atoms with Gasteiger partial charge < -0.3 is 20.9 Å². The van der Waals surface area contributed by atoms with E-state index in [4.69, 9.17) is 10.5 Å². The van der Waals surface area contributed by atoms with E-state index >= 15 is 0 Å². The van der Waals surface area contributed by atoms with Gasteiger partial charge in [0.25, 0.3) is 0 Å². The molecule has 0 bridgehead atoms. The molecule has 0 saturated carbocycles. The number of ether oxygens (including phenoxy) is 1. The van der Waals surface area contributed by atoms with Crippen LogP contribution >= 0.6 is 0 Å². The van der Waals surface area contributed by atoms with Gasteiger partial charge in [-0.2, -0.15) is 0 Å². The predicted octanol–water partition coefficient (Wildman–Crippen LogP) is 2.35. The molecular weight excluding hydrogens is 268 g/mol. The lowest BCUT2D eigenvalue weighted by atomic mass is 10.0. The fraction of sp³-hybridized carbons (Fsp3) is 0.188. The van der Waals surface area contributed by atoms with Crippen LogP contribution in [0, 0.1) is 6.92 Å². The summed E-state index contributed by atoms with van der Waals surface area (Å²) in [5.74, 6) is -0.200. The Balaban J connectivity index is 2.33. The first-order valence-electron chi connectivity index (χ1n) is 6.50. The van der Waals surface area contributed by atoms with Crippen LogP contribution in [0.3, 0.4) is 0 Å². The van der Waals surface area contributed by atoms with Crippen molar-refractivity contribution in [3.63, 3.8) is 0 Å². The molecule has 0 spiro atoms. The number of phenols is 1. The van der Waals surface area contributed by atoms with Crippen LogP contribution in [0.25, 0.3) is 0 Å². The second-order valence-corrected chi connectivity index (χ2v) is 4.78. The number of rotatable bonds is 5. The van der Waals surface area contributed by atoms with Crippen LogP contribution in [-0.4, -0.2) is 18.1 Å². The third-order valence-corrected chi connectivity index (χ3v) is 3.15. The Morgan fingerprint density at radius 3 is 2.67 bits per heavy atom. The molecular formula is C16H18N2O3. The Labute approximate surface area is 123 Å². The Kier molecular flexibility index (Phi) is 4.33. The molecule has 21 heavy (non-hydrogen) atoms. The molecule has 0 aliphatic carbocycles. The number of hydrogen-bond donors (Lipinski definition) is 3. The highest BCUT2D eigenvalue weighted by atomic mass is 16.5. The minimum atomic E-state index is -0.707. The van der Waals surface area contributed by atoms with Gasteiger partial charge in [-0.1, -0.05) is 18.2 Å². The molecule has 5 nitrogen and oxygen atoms in total. The van der Waals surface area contributed by atoms with Crippen LogP contribution < -0.4 is 15.8 Å². The number of primary amides is 1. The van der Waals surface area contributed by atoms with Gasteiger partial charge in [0.15, 0.2) is 11.5 Å². The van der Waals surface area contributed by atoms with Gasteiger partial charge in [-0.3, -0.25) is 4.79 Å². The van der Waals surface area contributed by atoms with E-state index in [-0.39, 0.29) is 5.75 Å². The molecule has 0 saturated heterocycles. The molecule has 1 unspecified atom stereocenters. The molecule has 2 rings (SSSR count). The number of aromatic hydroxyl groups is 1. The van der Waals surface area contributed by atoms with E-state index in [0.717, 1.165) is 11.3 Å². The molecule has 0 heterocycles. The van der Waals surface area contributed by atoms with Crippen LogP contribution in [0.15, 0.2) is 42.5 Å². The van der Waals surface area contributed by atoms with E-state index in [0.29, 0.717) is 11.3 Å². The van der Waals surface area contributed by atoms with Gasteiger partial charge >= 0.3 is 0 Å². The minimum Gasteiger partial charge on any atom is -0.504 e. The largest absolute Gasteiger partial charge is 0.504 e. The van der Waals surface area contributed by atoms with Crippen molar-refractivity contribution in [2.75, 3.05) is 12.4 Å². The lowest BCUT2D eigenvalue weighted by Crippen LogP contribution is -2.27. The highest BCUT2D eigenvalue weighted by molar-refractivity contribution is 5.84. The Bertz CT molecular complexity index is 656. The number of hydrogen-bond acceptors (Lipinski definition) is 4. The molecule has 5 heteroatoms. The maximum absolute atomic E-state index is 11.7. The van der Waals surface area contributed by atoms with Gasteiger partial charge in [0, 0.05) is 5.69 Å². The maximum Gasteiger partial charge on any atom is 0.244 e. The molecule has 4 N–H and O–H groups in total. The molecule has 0 radical (unpaired) electrons. The van der Waals surface area contributed by atoms with Gasteiger partial charge in [-0.05, 0) is 42.3 Å². The first-order valence-corrected chi connectivity index (χ1v) is 6.50. The molecule has 1 amide bonds. The third-order valence-electron chi connectivity index (χ3n) is 3.15. The summed E-state index contributed by atoms with van der Waals surface area (Å²) in [5.41, 5.74) is 7.98. The van der Waals surface area contributed by atoms with Crippen LogP contribution in [0.1, 0.15) is 17.2 Å². The van der Waals surface area contributed by atoms with Crippen molar-refractivity contribution in [2.45, 2.75) is 13.0 Å². The SMILES string of the molecule is COc1cc(C(Nc2cccc(C)c2)C(N)=O)ccc1O. The summed E-state index contributed by atoms with van der Waals surface area (Å²) in [7, 11) is 1.45. The smallest absolute Gasteiger partial charge is 0.244 e. The highest BCUT2D eigenvalue weighted by Gasteiger charge is 2.19. The van der Waals surface area contributed by atoms with Crippen LogP contribution in [0.2, 0.25) is 0 Å². The normalized spacial score (nSPS) is 11.7. The lowest BCUT2D eigenvalue weighted by Gasteiger charge is -2.18. The van der Waals surface area contributed by atoms with Crippen LogP contribution in [0.4, 0.5) is 5.69 Å². The standard InChI is InChI=1S/C16H18N2O3/c1-10-4-3-5-12(8-10)18-15(16(17)20)11-6-7-13(19)14(9-11)21-2/h3-9,15,18-19H,1-2H3,(H2,17,20). The highest BCUT2D eigenvalue weighted by Crippen LogP contribution is 2.30. The minimum absolute atomic E-state index is 0.0139. The Morgan fingerprint density at radius 1 is 1.29 bits per heavy atom. The number of nitrogens with two attached hydrogens (primary N) is 1. The second-order valence-electron chi connectivity index (χ2n) is 4.78. The maximum atomic E-state index is 11.7. The summed E-state index contributed by atoms with van der Waals surface area (Å²) in [6, 6.07) is 11.6. The number of aryl methyl sites for hydroxylation is 1. The van der Waals surface area contributed by atoms with E-state index in [1.165, 1.54) is 13.2 Å². The summed E-state index contributed by atoms with van der Waals surface area (Å²) >= 11 is 0. The molecule has 110 valence electrons. The fourth-order valence-corrected chi connectivity index (χ4v) is 2.09. The fourth-order valence-electron chi connectivity index (χ4n) is 2.09. The van der Waals surface area contributed by atoms with Crippen molar-refractivity contribution in [3.05, 3.63) is 53.6 Å². The monoisotopic (exact) mass is 286 g/mol. The summed E-state index contributed by atoms with van der Waals surface area (Å²) < 4.78 is 5.05. The van der Waals surface area contributed by atoms with E-state index in [1.807, 2.05) is 31.2 Å². The van der Waals surface area contributed by atoms with Crippen molar-refractivity contribution in [1.29, 1.82) is 0 Å². The first kappa shape index (κ1) is 14.7. The Morgan fingerprint density at radius 2 is 2.05 bits per heavy atom. The molecule has 0 aliphatic heterocycles. The molecule has 2 aromatic carbocycles. The van der Waals surface area contributed by atoms with Crippen LogP contribution in [-0.2, 0) is 4.79 Å². The average Bonchev–Trinajstić information content (AvgIpc) is 2.45. The lowest BCUT2D eigenvalue weighted by molar-refractivity contribution is -0.118. The van der Waals surface area contributed by atoms with Crippen LogP contribution in [0.5, 0.6) is 11.5 Å². The van der Waals surface area contributed by atoms with E-state index in [1.54, 1.807) is 12.1 Å². The quantitative estimate of drug-likeness (QED) is 0.787. The molecule has 0 aromatic heterocycles. The summed E-state index contributed by atoms with van der Waals surface area (Å²) in [4.78, 5) is 11.7. The number of carbonyl (C=O) groups excluding carboxylic acids is 1. The van der Waals surface area contributed by atoms with Gasteiger partial charge in [-0.25, -0.2) is 0 Å². The number of amides is 1. The van der Waals surface area contributed by atoms with Gasteiger partial charge in [0.1, 0.15) is 6.04 Å². The average molecular weight is 286 g/mol. The van der Waals surface area contributed by atoms with E-state index in [2.05, 4.69) is 5.32 Å². The van der Waals surface area contributed by atoms with Gasteiger partial charge in [0.05, 0.1) is 7.11 Å². The summed E-state index contributed by atoms with van der Waals surface area (Å²) in [6.45, 7) is 1.97. The molecule has 0 aliphatic rings. The van der Waals surface area contributed by atoms with Crippen molar-refractivity contribution in [3.8, 4) is 11.5 Å². The molecule has 1 atom stereocenters. The zero-order chi connectivity index (χ0) is 15.4. The molecule has 0 fully saturated rings. The topological polar surface area (TPSA) is 84.6 Å². The summed E-state index contributed by atoms with van der Waals surface area (Å²) in [6.07, 6.45) is 0. The van der Waals surface area contributed by atoms with Crippen molar-refractivity contribution in [1.82, 2.24) is 0 Å². The Hall–Kier alpha value is -2.69. The number of benzene rings is 2. The van der Waals surface area contributed by atoms with Crippen molar-refractivity contribution < 1.29 is 14.6 Å². The van der Waals surface area contributed by atoms with Gasteiger partial charge in [0.2, 0.25) is 5.91 Å².